The molecule has 0 spiro atoms. The van der Waals surface area contributed by atoms with E-state index in [4.69, 9.17) is 16.0 Å². The van der Waals surface area contributed by atoms with E-state index in [1.54, 1.807) is 30.5 Å². The fraction of sp³-hybridized carbons (Fsp3) is 0.200. The second-order valence-electron chi connectivity index (χ2n) is 5.97. The lowest BCUT2D eigenvalue weighted by Gasteiger charge is -2.05. The number of amides is 1. The molecule has 1 N–H and O–H groups in total. The first-order valence-corrected chi connectivity index (χ1v) is 9.59. The molecule has 0 aliphatic carbocycles. The molecule has 140 valence electrons. The average Bonchev–Trinajstić information content (AvgIpc) is 3.12. The second-order valence-corrected chi connectivity index (χ2v) is 7.26. The molecule has 2 aromatic carbocycles. The molecule has 1 aromatic heterocycles. The predicted molar refractivity (Wildman–Crippen MR) is 106 cm³/mol. The largest absolute Gasteiger partial charge is 0.441 e. The van der Waals surface area contributed by atoms with Gasteiger partial charge in [-0.3, -0.25) is 4.79 Å². The molecule has 0 aliphatic heterocycles. The Morgan fingerprint density at radius 1 is 1.19 bits per heavy atom. The molecule has 7 heteroatoms. The van der Waals surface area contributed by atoms with Gasteiger partial charge in [-0.05, 0) is 64.3 Å². The highest BCUT2D eigenvalue weighted by Gasteiger charge is 2.09. The summed E-state index contributed by atoms with van der Waals surface area (Å²) in [5.74, 6) is 0.774. The van der Waals surface area contributed by atoms with Gasteiger partial charge in [-0.2, -0.15) is 0 Å². The van der Waals surface area contributed by atoms with E-state index in [1.165, 1.54) is 6.07 Å². The van der Waals surface area contributed by atoms with E-state index in [-0.39, 0.29) is 18.1 Å². The van der Waals surface area contributed by atoms with Crippen LogP contribution >= 0.6 is 27.5 Å². The van der Waals surface area contributed by atoms with Crippen LogP contribution in [0.2, 0.25) is 5.02 Å². The first-order chi connectivity index (χ1) is 13.0. The molecule has 3 rings (SSSR count). The van der Waals surface area contributed by atoms with Crippen molar-refractivity contribution in [2.75, 3.05) is 6.54 Å². The SMILES string of the molecule is O=C(CCc1ncc(-c2ccc(Cl)cc2)o1)NCCc1ccc(F)c(Br)c1. The fourth-order valence-electron chi connectivity index (χ4n) is 2.52. The summed E-state index contributed by atoms with van der Waals surface area (Å²) in [7, 11) is 0. The van der Waals surface area contributed by atoms with Crippen LogP contribution in [0.1, 0.15) is 17.9 Å². The normalized spacial score (nSPS) is 10.8. The first-order valence-electron chi connectivity index (χ1n) is 8.42. The van der Waals surface area contributed by atoms with Crippen molar-refractivity contribution in [3.8, 4) is 11.3 Å². The number of hydrogen-bond donors (Lipinski definition) is 1. The maximum atomic E-state index is 13.2. The Kier molecular flexibility index (Phi) is 6.63. The third-order valence-corrected chi connectivity index (χ3v) is 4.83. The van der Waals surface area contributed by atoms with Crippen molar-refractivity contribution < 1.29 is 13.6 Å². The molecule has 1 heterocycles. The molecule has 3 aromatic rings. The Morgan fingerprint density at radius 2 is 1.96 bits per heavy atom. The molecular formula is C20H17BrClFN2O2. The molecule has 0 unspecified atom stereocenters. The van der Waals surface area contributed by atoms with Crippen molar-refractivity contribution in [2.24, 2.45) is 0 Å². The Bertz CT molecular complexity index is 928. The topological polar surface area (TPSA) is 55.1 Å². The van der Waals surface area contributed by atoms with Gasteiger partial charge in [-0.1, -0.05) is 17.7 Å². The Hall–Kier alpha value is -2.18. The number of halogens is 3. The van der Waals surface area contributed by atoms with E-state index in [0.29, 0.717) is 40.5 Å². The summed E-state index contributed by atoms with van der Waals surface area (Å²) in [5, 5.41) is 3.50. The summed E-state index contributed by atoms with van der Waals surface area (Å²) >= 11 is 9.03. The van der Waals surface area contributed by atoms with Gasteiger partial charge in [0.15, 0.2) is 11.7 Å². The smallest absolute Gasteiger partial charge is 0.220 e. The quantitative estimate of drug-likeness (QED) is 0.538. The third-order valence-electron chi connectivity index (χ3n) is 3.97. The summed E-state index contributed by atoms with van der Waals surface area (Å²) in [6.07, 6.45) is 2.97. The van der Waals surface area contributed by atoms with Crippen LogP contribution in [0.5, 0.6) is 0 Å². The lowest BCUT2D eigenvalue weighted by Crippen LogP contribution is -2.25. The van der Waals surface area contributed by atoms with Crippen LogP contribution in [0, 0.1) is 5.82 Å². The maximum absolute atomic E-state index is 13.2. The zero-order chi connectivity index (χ0) is 19.2. The van der Waals surface area contributed by atoms with Gasteiger partial charge in [0.1, 0.15) is 5.82 Å². The van der Waals surface area contributed by atoms with Gasteiger partial charge >= 0.3 is 0 Å². The van der Waals surface area contributed by atoms with Crippen LogP contribution in [0.4, 0.5) is 4.39 Å². The van der Waals surface area contributed by atoms with Crippen LogP contribution in [-0.2, 0) is 17.6 Å². The maximum Gasteiger partial charge on any atom is 0.220 e. The van der Waals surface area contributed by atoms with Crippen LogP contribution < -0.4 is 5.32 Å². The predicted octanol–water partition coefficient (Wildman–Crippen LogP) is 5.19. The minimum atomic E-state index is -0.299. The molecular weight excluding hydrogens is 435 g/mol. The molecule has 0 saturated heterocycles. The van der Waals surface area contributed by atoms with Crippen LogP contribution in [0.3, 0.4) is 0 Å². The molecule has 0 radical (unpaired) electrons. The minimum Gasteiger partial charge on any atom is -0.441 e. The van der Waals surface area contributed by atoms with Crippen LogP contribution in [0.15, 0.2) is 57.6 Å². The highest BCUT2D eigenvalue weighted by molar-refractivity contribution is 9.10. The van der Waals surface area contributed by atoms with E-state index in [2.05, 4.69) is 26.2 Å². The molecule has 4 nitrogen and oxygen atoms in total. The number of rotatable bonds is 7. The number of oxazole rings is 1. The Labute approximate surface area is 169 Å². The van der Waals surface area contributed by atoms with Gasteiger partial charge in [-0.25, -0.2) is 9.37 Å². The lowest BCUT2D eigenvalue weighted by atomic mass is 10.1. The summed E-state index contributed by atoms with van der Waals surface area (Å²) in [4.78, 5) is 16.2. The number of benzene rings is 2. The van der Waals surface area contributed by atoms with Crippen molar-refractivity contribution >= 4 is 33.4 Å². The number of hydrogen-bond acceptors (Lipinski definition) is 3. The van der Waals surface area contributed by atoms with Gasteiger partial charge in [0.25, 0.3) is 0 Å². The van der Waals surface area contributed by atoms with Gasteiger partial charge in [0, 0.05) is 30.0 Å². The number of carbonyl (C=O) groups is 1. The number of nitrogens with zero attached hydrogens (tertiary/aromatic N) is 1. The molecule has 0 saturated carbocycles. The summed E-state index contributed by atoms with van der Waals surface area (Å²) < 4.78 is 19.3. The summed E-state index contributed by atoms with van der Waals surface area (Å²) in [5.41, 5.74) is 1.83. The van der Waals surface area contributed by atoms with Gasteiger partial charge in [0.2, 0.25) is 5.91 Å². The van der Waals surface area contributed by atoms with Crippen molar-refractivity contribution in [3.05, 3.63) is 75.4 Å². The van der Waals surface area contributed by atoms with Crippen molar-refractivity contribution in [1.29, 1.82) is 0 Å². The summed E-state index contributed by atoms with van der Waals surface area (Å²) in [6, 6.07) is 12.1. The van der Waals surface area contributed by atoms with E-state index in [9.17, 15) is 9.18 Å². The lowest BCUT2D eigenvalue weighted by molar-refractivity contribution is -0.121. The number of aromatic nitrogens is 1. The second kappa shape index (κ2) is 9.15. The summed E-state index contributed by atoms with van der Waals surface area (Å²) in [6.45, 7) is 0.485. The number of aryl methyl sites for hydroxylation is 1. The minimum absolute atomic E-state index is 0.0811. The Morgan fingerprint density at radius 3 is 2.70 bits per heavy atom. The zero-order valence-electron chi connectivity index (χ0n) is 14.3. The fourth-order valence-corrected chi connectivity index (χ4v) is 3.08. The first kappa shape index (κ1) is 19.6. The van der Waals surface area contributed by atoms with E-state index in [1.807, 2.05) is 12.1 Å². The number of nitrogens with one attached hydrogen (secondary N) is 1. The molecule has 1 amide bonds. The van der Waals surface area contributed by atoms with Gasteiger partial charge < -0.3 is 9.73 Å². The molecule has 27 heavy (non-hydrogen) atoms. The van der Waals surface area contributed by atoms with Crippen molar-refractivity contribution in [2.45, 2.75) is 19.3 Å². The van der Waals surface area contributed by atoms with Crippen LogP contribution in [0.25, 0.3) is 11.3 Å². The standard InChI is InChI=1S/C20H17BrClFN2O2/c21-16-11-13(1-6-17(16)23)9-10-24-19(26)7-8-20-25-12-18(27-20)14-2-4-15(22)5-3-14/h1-6,11-12H,7-10H2,(H,24,26). The van der Waals surface area contributed by atoms with Gasteiger partial charge in [-0.15, -0.1) is 0 Å². The molecule has 0 aliphatic rings. The molecule has 0 fully saturated rings. The monoisotopic (exact) mass is 450 g/mol. The van der Waals surface area contributed by atoms with E-state index in [0.717, 1.165) is 11.1 Å². The highest BCUT2D eigenvalue weighted by Crippen LogP contribution is 2.22. The van der Waals surface area contributed by atoms with Crippen molar-refractivity contribution in [1.82, 2.24) is 10.3 Å². The van der Waals surface area contributed by atoms with E-state index >= 15 is 0 Å². The van der Waals surface area contributed by atoms with E-state index < -0.39 is 0 Å². The third kappa shape index (κ3) is 5.65. The van der Waals surface area contributed by atoms with Crippen LogP contribution in [-0.4, -0.2) is 17.4 Å². The molecule has 0 bridgehead atoms. The highest BCUT2D eigenvalue weighted by atomic mass is 79.9. The molecule has 0 atom stereocenters. The average molecular weight is 452 g/mol. The number of carbonyl (C=O) groups excluding carboxylic acids is 1. The zero-order valence-corrected chi connectivity index (χ0v) is 16.7. The van der Waals surface area contributed by atoms with Gasteiger partial charge in [0.05, 0.1) is 10.7 Å². The van der Waals surface area contributed by atoms with Crippen molar-refractivity contribution in [3.63, 3.8) is 0 Å². The Balaban J connectivity index is 1.44.